The molecule has 0 fully saturated rings. The maximum atomic E-state index is 13.1. The molecular formula is C28H28N4O2. The van der Waals surface area contributed by atoms with E-state index < -0.39 is 0 Å². The zero-order chi connectivity index (χ0) is 23.9. The molecule has 0 atom stereocenters. The van der Waals surface area contributed by atoms with E-state index in [1.807, 2.05) is 78.9 Å². The van der Waals surface area contributed by atoms with E-state index in [0.717, 1.165) is 46.5 Å². The molecule has 0 spiro atoms. The molecular weight excluding hydrogens is 424 g/mol. The minimum Gasteiger partial charge on any atom is -0.496 e. The molecule has 172 valence electrons. The van der Waals surface area contributed by atoms with Crippen molar-refractivity contribution in [2.75, 3.05) is 25.1 Å². The van der Waals surface area contributed by atoms with Gasteiger partial charge in [-0.25, -0.2) is 10.4 Å². The van der Waals surface area contributed by atoms with Crippen LogP contribution in [0, 0.1) is 0 Å². The highest BCUT2D eigenvalue weighted by Crippen LogP contribution is 2.26. The van der Waals surface area contributed by atoms with Crippen LogP contribution in [0.1, 0.15) is 29.8 Å². The fourth-order valence-corrected chi connectivity index (χ4v) is 3.93. The second kappa shape index (κ2) is 10.6. The van der Waals surface area contributed by atoms with Crippen molar-refractivity contribution in [1.29, 1.82) is 0 Å². The van der Waals surface area contributed by atoms with Gasteiger partial charge in [0.05, 0.1) is 30.1 Å². The number of para-hydroxylation sites is 1. The van der Waals surface area contributed by atoms with Crippen LogP contribution in [0.3, 0.4) is 0 Å². The van der Waals surface area contributed by atoms with Gasteiger partial charge in [-0.2, -0.15) is 5.10 Å². The number of anilines is 1. The Morgan fingerprint density at radius 1 is 1.00 bits per heavy atom. The number of hydrazone groups is 1. The van der Waals surface area contributed by atoms with Gasteiger partial charge in [-0.3, -0.25) is 4.79 Å². The number of pyridine rings is 1. The lowest BCUT2D eigenvalue weighted by atomic mass is 10.0. The van der Waals surface area contributed by atoms with Gasteiger partial charge in [-0.1, -0.05) is 48.5 Å². The zero-order valence-corrected chi connectivity index (χ0v) is 19.7. The lowest BCUT2D eigenvalue weighted by molar-refractivity contribution is 0.0956. The molecule has 0 aliphatic heterocycles. The highest BCUT2D eigenvalue weighted by molar-refractivity contribution is 6.07. The first-order valence-electron chi connectivity index (χ1n) is 11.4. The lowest BCUT2D eigenvalue weighted by Gasteiger charge is -2.21. The molecule has 1 aromatic heterocycles. The van der Waals surface area contributed by atoms with Gasteiger partial charge in [0.1, 0.15) is 5.75 Å². The molecule has 4 rings (SSSR count). The fourth-order valence-electron chi connectivity index (χ4n) is 3.93. The minimum atomic E-state index is -0.300. The SMILES string of the molecule is CCN(CC)c1ccc(/C=N/NC(=O)c2cc(-c3ccccc3)nc3ccccc23)c(OC)c1. The molecule has 0 aliphatic carbocycles. The number of hydrogen-bond donors (Lipinski definition) is 1. The van der Waals surface area contributed by atoms with Crippen molar-refractivity contribution in [3.8, 4) is 17.0 Å². The Kier molecular flexibility index (Phi) is 7.18. The van der Waals surface area contributed by atoms with Crippen LogP contribution in [-0.4, -0.2) is 37.3 Å². The third kappa shape index (κ3) is 4.91. The molecule has 3 aromatic carbocycles. The van der Waals surface area contributed by atoms with Crippen molar-refractivity contribution in [1.82, 2.24) is 10.4 Å². The van der Waals surface area contributed by atoms with Crippen molar-refractivity contribution >= 4 is 28.7 Å². The molecule has 0 bridgehead atoms. The van der Waals surface area contributed by atoms with Gasteiger partial charge < -0.3 is 9.64 Å². The van der Waals surface area contributed by atoms with E-state index in [1.165, 1.54) is 0 Å². The average molecular weight is 453 g/mol. The highest BCUT2D eigenvalue weighted by atomic mass is 16.5. The number of carbonyl (C=O) groups is 1. The Hall–Kier alpha value is -4.19. The molecule has 6 nitrogen and oxygen atoms in total. The number of aromatic nitrogens is 1. The first kappa shape index (κ1) is 23.0. The average Bonchev–Trinajstić information content (AvgIpc) is 2.89. The van der Waals surface area contributed by atoms with Crippen molar-refractivity contribution in [3.05, 3.63) is 90.0 Å². The normalized spacial score (nSPS) is 11.0. The molecule has 6 heteroatoms. The van der Waals surface area contributed by atoms with Gasteiger partial charge in [-0.15, -0.1) is 0 Å². The summed E-state index contributed by atoms with van der Waals surface area (Å²) in [5.41, 5.74) is 7.49. The summed E-state index contributed by atoms with van der Waals surface area (Å²) in [5.74, 6) is 0.397. The van der Waals surface area contributed by atoms with Gasteiger partial charge in [0.2, 0.25) is 0 Å². The topological polar surface area (TPSA) is 66.8 Å². The van der Waals surface area contributed by atoms with Crippen LogP contribution in [0.15, 0.2) is 84.0 Å². The molecule has 1 N–H and O–H groups in total. The summed E-state index contributed by atoms with van der Waals surface area (Å²) in [4.78, 5) is 20.1. The molecule has 4 aromatic rings. The molecule has 0 saturated heterocycles. The zero-order valence-electron chi connectivity index (χ0n) is 19.7. The van der Waals surface area contributed by atoms with E-state index in [2.05, 4.69) is 29.3 Å². The maximum absolute atomic E-state index is 13.1. The van der Waals surface area contributed by atoms with Crippen LogP contribution < -0.4 is 15.1 Å². The van der Waals surface area contributed by atoms with E-state index in [9.17, 15) is 4.79 Å². The molecule has 0 aliphatic rings. The predicted octanol–water partition coefficient (Wildman–Crippen LogP) is 5.52. The van der Waals surface area contributed by atoms with E-state index in [0.29, 0.717) is 11.3 Å². The number of carbonyl (C=O) groups excluding carboxylic acids is 1. The number of amides is 1. The van der Waals surface area contributed by atoms with Crippen molar-refractivity contribution in [3.63, 3.8) is 0 Å². The van der Waals surface area contributed by atoms with Gasteiger partial charge >= 0.3 is 0 Å². The minimum absolute atomic E-state index is 0.300. The summed E-state index contributed by atoms with van der Waals surface area (Å²) >= 11 is 0. The summed E-state index contributed by atoms with van der Waals surface area (Å²) in [6, 6.07) is 25.2. The Balaban J connectivity index is 1.60. The third-order valence-corrected chi connectivity index (χ3v) is 5.75. The Morgan fingerprint density at radius 3 is 2.47 bits per heavy atom. The number of nitrogens with one attached hydrogen (secondary N) is 1. The van der Waals surface area contributed by atoms with E-state index >= 15 is 0 Å². The summed E-state index contributed by atoms with van der Waals surface area (Å²) in [6.07, 6.45) is 1.60. The van der Waals surface area contributed by atoms with Crippen LogP contribution in [0.4, 0.5) is 5.69 Å². The number of hydrogen-bond acceptors (Lipinski definition) is 5. The Labute approximate surface area is 199 Å². The van der Waals surface area contributed by atoms with Crippen molar-refractivity contribution in [2.45, 2.75) is 13.8 Å². The first-order valence-corrected chi connectivity index (χ1v) is 11.4. The number of benzene rings is 3. The number of rotatable bonds is 8. The number of fused-ring (bicyclic) bond motifs is 1. The predicted molar refractivity (Wildman–Crippen MR) is 139 cm³/mol. The van der Waals surface area contributed by atoms with E-state index in [-0.39, 0.29) is 5.91 Å². The van der Waals surface area contributed by atoms with Crippen LogP contribution in [0.5, 0.6) is 5.75 Å². The Morgan fingerprint density at radius 2 is 1.74 bits per heavy atom. The summed E-state index contributed by atoms with van der Waals surface area (Å²) < 4.78 is 5.55. The second-order valence-electron chi connectivity index (χ2n) is 7.74. The fraction of sp³-hybridized carbons (Fsp3) is 0.179. The van der Waals surface area contributed by atoms with Gasteiger partial charge in [0, 0.05) is 41.4 Å². The van der Waals surface area contributed by atoms with Crippen molar-refractivity contribution in [2.24, 2.45) is 5.10 Å². The first-order chi connectivity index (χ1) is 16.6. The van der Waals surface area contributed by atoms with Crippen LogP contribution >= 0.6 is 0 Å². The van der Waals surface area contributed by atoms with E-state index in [1.54, 1.807) is 13.3 Å². The lowest BCUT2D eigenvalue weighted by Crippen LogP contribution is -2.21. The van der Waals surface area contributed by atoms with Gasteiger partial charge in [0.25, 0.3) is 5.91 Å². The van der Waals surface area contributed by atoms with Crippen LogP contribution in [-0.2, 0) is 0 Å². The molecule has 1 heterocycles. The highest BCUT2D eigenvalue weighted by Gasteiger charge is 2.14. The number of ether oxygens (including phenoxy) is 1. The van der Waals surface area contributed by atoms with Crippen molar-refractivity contribution < 1.29 is 9.53 Å². The van der Waals surface area contributed by atoms with Crippen LogP contribution in [0.25, 0.3) is 22.2 Å². The monoisotopic (exact) mass is 452 g/mol. The quantitative estimate of drug-likeness (QED) is 0.282. The smallest absolute Gasteiger partial charge is 0.272 e. The Bertz CT molecular complexity index is 1310. The summed E-state index contributed by atoms with van der Waals surface area (Å²) in [7, 11) is 1.63. The van der Waals surface area contributed by atoms with Gasteiger partial charge in [0.15, 0.2) is 0 Å². The molecule has 0 unspecified atom stereocenters. The molecule has 0 radical (unpaired) electrons. The number of methoxy groups -OCH3 is 1. The van der Waals surface area contributed by atoms with E-state index in [4.69, 9.17) is 9.72 Å². The van der Waals surface area contributed by atoms with Gasteiger partial charge in [-0.05, 0) is 38.1 Å². The summed E-state index contributed by atoms with van der Waals surface area (Å²) in [6.45, 7) is 6.06. The second-order valence-corrected chi connectivity index (χ2v) is 7.74. The standard InChI is InChI=1S/C28H28N4O2/c1-4-32(5-2)22-16-15-21(27(17-22)34-3)19-29-31-28(33)24-18-26(20-11-7-6-8-12-20)30-25-14-10-9-13-23(24)25/h6-19H,4-5H2,1-3H3,(H,31,33)/b29-19+. The molecule has 0 saturated carbocycles. The van der Waals surface area contributed by atoms with Crippen LogP contribution in [0.2, 0.25) is 0 Å². The third-order valence-electron chi connectivity index (χ3n) is 5.75. The summed E-state index contributed by atoms with van der Waals surface area (Å²) in [5, 5.41) is 4.99. The molecule has 34 heavy (non-hydrogen) atoms. The largest absolute Gasteiger partial charge is 0.496 e. The molecule has 1 amide bonds. The number of nitrogens with zero attached hydrogens (tertiary/aromatic N) is 3. The maximum Gasteiger partial charge on any atom is 0.272 e.